The van der Waals surface area contributed by atoms with E-state index >= 15 is 0 Å². The molecule has 10 heavy (non-hydrogen) atoms. The zero-order chi connectivity index (χ0) is 7.82. The summed E-state index contributed by atoms with van der Waals surface area (Å²) in [7, 11) is 0. The molecular weight excluding hydrogens is 150 g/mol. The standard InChI is InChI=1S/C6H13NO2S/c8-6(9)7-4-2-1-3-5-10/h7,10H,1-5H2,(H,8,9). The maximum Gasteiger partial charge on any atom is 0.404 e. The molecule has 0 rings (SSSR count). The van der Waals surface area contributed by atoms with Crippen molar-refractivity contribution < 1.29 is 9.90 Å². The van der Waals surface area contributed by atoms with Gasteiger partial charge in [0.15, 0.2) is 0 Å². The highest BCUT2D eigenvalue weighted by Crippen LogP contribution is 1.94. The molecule has 4 heteroatoms. The number of thiol groups is 1. The summed E-state index contributed by atoms with van der Waals surface area (Å²) in [6.45, 7) is 0.559. The van der Waals surface area contributed by atoms with Crippen LogP contribution < -0.4 is 5.32 Å². The van der Waals surface area contributed by atoms with Gasteiger partial charge >= 0.3 is 6.09 Å². The number of carbonyl (C=O) groups is 1. The first-order valence-corrected chi connectivity index (χ1v) is 3.98. The molecule has 0 heterocycles. The van der Waals surface area contributed by atoms with E-state index in [2.05, 4.69) is 17.9 Å². The first kappa shape index (κ1) is 9.62. The van der Waals surface area contributed by atoms with E-state index in [4.69, 9.17) is 5.11 Å². The molecule has 0 aliphatic rings. The highest BCUT2D eigenvalue weighted by Gasteiger charge is 1.91. The minimum absolute atomic E-state index is 0.559. The van der Waals surface area contributed by atoms with Crippen LogP contribution in [0, 0.1) is 0 Å². The first-order valence-electron chi connectivity index (χ1n) is 3.35. The Balaban J connectivity index is 2.84. The lowest BCUT2D eigenvalue weighted by Crippen LogP contribution is -2.21. The Labute approximate surface area is 66.2 Å². The lowest BCUT2D eigenvalue weighted by atomic mass is 10.2. The topological polar surface area (TPSA) is 49.3 Å². The van der Waals surface area contributed by atoms with E-state index in [1.165, 1.54) is 0 Å². The fraction of sp³-hybridized carbons (Fsp3) is 0.833. The summed E-state index contributed by atoms with van der Waals surface area (Å²) < 4.78 is 0. The number of unbranched alkanes of at least 4 members (excludes halogenated alkanes) is 2. The van der Waals surface area contributed by atoms with Crippen molar-refractivity contribution in [3.63, 3.8) is 0 Å². The minimum atomic E-state index is -0.939. The highest BCUT2D eigenvalue weighted by atomic mass is 32.1. The Bertz CT molecular complexity index is 97.7. The molecule has 2 N–H and O–H groups in total. The SMILES string of the molecule is O=C(O)NCCCCCS. The minimum Gasteiger partial charge on any atom is -0.465 e. The molecule has 0 aromatic rings. The molecule has 60 valence electrons. The van der Waals surface area contributed by atoms with Gasteiger partial charge in [-0.1, -0.05) is 6.42 Å². The van der Waals surface area contributed by atoms with E-state index in [0.29, 0.717) is 6.54 Å². The molecule has 0 aliphatic heterocycles. The van der Waals surface area contributed by atoms with Crippen molar-refractivity contribution in [1.82, 2.24) is 5.32 Å². The van der Waals surface area contributed by atoms with Gasteiger partial charge in [0, 0.05) is 6.54 Å². The van der Waals surface area contributed by atoms with Crippen molar-refractivity contribution in [1.29, 1.82) is 0 Å². The molecule has 3 nitrogen and oxygen atoms in total. The van der Waals surface area contributed by atoms with Gasteiger partial charge in [-0.05, 0) is 18.6 Å². The third-order valence-electron chi connectivity index (χ3n) is 1.11. The van der Waals surface area contributed by atoms with Gasteiger partial charge < -0.3 is 10.4 Å². The molecule has 0 aromatic heterocycles. The van der Waals surface area contributed by atoms with Gasteiger partial charge in [-0.15, -0.1) is 0 Å². The van der Waals surface area contributed by atoms with Crippen molar-refractivity contribution in [2.24, 2.45) is 0 Å². The molecule has 0 bridgehead atoms. The van der Waals surface area contributed by atoms with Crippen LogP contribution in [0.1, 0.15) is 19.3 Å². The second-order valence-corrected chi connectivity index (χ2v) is 2.46. The van der Waals surface area contributed by atoms with Gasteiger partial charge in [-0.3, -0.25) is 0 Å². The fourth-order valence-electron chi connectivity index (χ4n) is 0.609. The third kappa shape index (κ3) is 7.62. The van der Waals surface area contributed by atoms with E-state index in [1.54, 1.807) is 0 Å². The van der Waals surface area contributed by atoms with Crippen LogP contribution in [-0.4, -0.2) is 23.5 Å². The molecule has 0 spiro atoms. The zero-order valence-electron chi connectivity index (χ0n) is 5.84. The zero-order valence-corrected chi connectivity index (χ0v) is 6.73. The van der Waals surface area contributed by atoms with Gasteiger partial charge in [0.1, 0.15) is 0 Å². The molecular formula is C6H13NO2S. The molecule has 1 amide bonds. The molecule has 0 atom stereocenters. The molecule has 0 aliphatic carbocycles. The molecule has 0 aromatic carbocycles. The predicted molar refractivity (Wildman–Crippen MR) is 43.7 cm³/mol. The Morgan fingerprint density at radius 3 is 2.60 bits per heavy atom. The Hall–Kier alpha value is -0.380. The van der Waals surface area contributed by atoms with Crippen LogP contribution in [-0.2, 0) is 0 Å². The van der Waals surface area contributed by atoms with Crippen LogP contribution in [0.15, 0.2) is 0 Å². The van der Waals surface area contributed by atoms with E-state index in [9.17, 15) is 4.79 Å². The van der Waals surface area contributed by atoms with Crippen LogP contribution >= 0.6 is 12.6 Å². The Kier molecular flexibility index (Phi) is 6.48. The lowest BCUT2D eigenvalue weighted by Gasteiger charge is -1.98. The van der Waals surface area contributed by atoms with Gasteiger partial charge in [0.25, 0.3) is 0 Å². The van der Waals surface area contributed by atoms with Crippen molar-refractivity contribution in [2.75, 3.05) is 12.3 Å². The molecule has 0 unspecified atom stereocenters. The molecule has 0 fully saturated rings. The fourth-order valence-corrected chi connectivity index (χ4v) is 0.833. The van der Waals surface area contributed by atoms with Crippen molar-refractivity contribution in [2.45, 2.75) is 19.3 Å². The Morgan fingerprint density at radius 2 is 2.10 bits per heavy atom. The summed E-state index contributed by atoms with van der Waals surface area (Å²) >= 11 is 4.03. The smallest absolute Gasteiger partial charge is 0.404 e. The lowest BCUT2D eigenvalue weighted by molar-refractivity contribution is 0.194. The van der Waals surface area contributed by atoms with Crippen LogP contribution in [0.2, 0.25) is 0 Å². The second kappa shape index (κ2) is 6.74. The van der Waals surface area contributed by atoms with Gasteiger partial charge in [0.05, 0.1) is 0 Å². The molecule has 0 saturated carbocycles. The summed E-state index contributed by atoms with van der Waals surface area (Å²) in [6.07, 6.45) is 2.08. The average Bonchev–Trinajstić information content (AvgIpc) is 1.87. The van der Waals surface area contributed by atoms with Crippen LogP contribution in [0.25, 0.3) is 0 Å². The normalized spacial score (nSPS) is 9.30. The number of amides is 1. The summed E-state index contributed by atoms with van der Waals surface area (Å²) in [6, 6.07) is 0. The number of nitrogens with one attached hydrogen (secondary N) is 1. The van der Waals surface area contributed by atoms with Crippen LogP contribution in [0.3, 0.4) is 0 Å². The summed E-state index contributed by atoms with van der Waals surface area (Å²) in [5.74, 6) is 0.882. The van der Waals surface area contributed by atoms with E-state index in [0.717, 1.165) is 25.0 Å². The van der Waals surface area contributed by atoms with Gasteiger partial charge in [-0.25, -0.2) is 4.79 Å². The second-order valence-electron chi connectivity index (χ2n) is 2.02. The number of hydrogen-bond acceptors (Lipinski definition) is 2. The monoisotopic (exact) mass is 163 g/mol. The molecule has 0 radical (unpaired) electrons. The van der Waals surface area contributed by atoms with E-state index < -0.39 is 6.09 Å². The van der Waals surface area contributed by atoms with Crippen molar-refractivity contribution in [3.05, 3.63) is 0 Å². The maximum absolute atomic E-state index is 9.91. The number of hydrogen-bond donors (Lipinski definition) is 3. The average molecular weight is 163 g/mol. The van der Waals surface area contributed by atoms with E-state index in [-0.39, 0.29) is 0 Å². The van der Waals surface area contributed by atoms with Gasteiger partial charge in [0.2, 0.25) is 0 Å². The summed E-state index contributed by atoms with van der Waals surface area (Å²) in [4.78, 5) is 9.91. The number of rotatable bonds is 5. The third-order valence-corrected chi connectivity index (χ3v) is 1.43. The maximum atomic E-state index is 9.91. The predicted octanol–water partition coefficient (Wildman–Crippen LogP) is 1.35. The summed E-state index contributed by atoms with van der Waals surface area (Å²) in [5, 5.41) is 10.4. The van der Waals surface area contributed by atoms with Crippen LogP contribution in [0.5, 0.6) is 0 Å². The Morgan fingerprint density at radius 1 is 1.40 bits per heavy atom. The first-order chi connectivity index (χ1) is 4.77. The van der Waals surface area contributed by atoms with Crippen molar-refractivity contribution >= 4 is 18.7 Å². The summed E-state index contributed by atoms with van der Waals surface area (Å²) in [5.41, 5.74) is 0. The van der Waals surface area contributed by atoms with E-state index in [1.807, 2.05) is 0 Å². The largest absolute Gasteiger partial charge is 0.465 e. The number of carboxylic acid groups (broad SMARTS) is 1. The van der Waals surface area contributed by atoms with Gasteiger partial charge in [-0.2, -0.15) is 12.6 Å². The quantitative estimate of drug-likeness (QED) is 0.423. The molecule has 0 saturated heterocycles. The van der Waals surface area contributed by atoms with Crippen LogP contribution in [0.4, 0.5) is 4.79 Å². The highest BCUT2D eigenvalue weighted by molar-refractivity contribution is 7.80. The van der Waals surface area contributed by atoms with Crippen molar-refractivity contribution in [3.8, 4) is 0 Å².